The fourth-order valence-electron chi connectivity index (χ4n) is 1.95. The van der Waals surface area contributed by atoms with Crippen LogP contribution in [0.15, 0.2) is 24.5 Å². The highest BCUT2D eigenvalue weighted by molar-refractivity contribution is 5.95. The van der Waals surface area contributed by atoms with Gasteiger partial charge in [-0.3, -0.25) is 30.2 Å². The Morgan fingerprint density at radius 2 is 1.95 bits per heavy atom. The normalized spacial score (nSPS) is 14.3. The second kappa shape index (κ2) is 8.08. The molecule has 0 saturated carbocycles. The van der Waals surface area contributed by atoms with Gasteiger partial charge in [-0.05, 0) is 12.1 Å². The average Bonchev–Trinajstić information content (AvgIpc) is 2.59. The molecule has 0 aromatic carbocycles. The van der Waals surface area contributed by atoms with Crippen molar-refractivity contribution in [1.82, 2.24) is 20.7 Å². The Balaban J connectivity index is 1.67. The third-order valence-corrected chi connectivity index (χ3v) is 3.17. The maximum Gasteiger partial charge on any atom is 0.271 e. The molecule has 2 N–H and O–H groups in total. The molecule has 0 spiro atoms. The van der Waals surface area contributed by atoms with Crippen molar-refractivity contribution in [2.75, 3.05) is 26.3 Å². The van der Waals surface area contributed by atoms with E-state index in [-0.39, 0.29) is 18.7 Å². The summed E-state index contributed by atoms with van der Waals surface area (Å²) in [6.45, 7) is 2.16. The highest BCUT2D eigenvalue weighted by atomic mass is 16.5. The lowest BCUT2D eigenvalue weighted by Crippen LogP contribution is -2.43. The van der Waals surface area contributed by atoms with Gasteiger partial charge in [0.05, 0.1) is 18.8 Å². The molecule has 3 amide bonds. The van der Waals surface area contributed by atoms with Gasteiger partial charge in [-0.15, -0.1) is 0 Å². The fraction of sp³-hybridized carbons (Fsp3) is 0.429. The van der Waals surface area contributed by atoms with Crippen LogP contribution in [0, 0.1) is 0 Å². The smallest absolute Gasteiger partial charge is 0.271 e. The Morgan fingerprint density at radius 1 is 1.18 bits per heavy atom. The van der Waals surface area contributed by atoms with Crippen LogP contribution in [0.4, 0.5) is 0 Å². The van der Waals surface area contributed by atoms with Crippen molar-refractivity contribution in [3.8, 4) is 0 Å². The monoisotopic (exact) mass is 306 g/mol. The number of carbonyl (C=O) groups excluding carboxylic acids is 3. The molecule has 1 aliphatic rings. The summed E-state index contributed by atoms with van der Waals surface area (Å²) in [6.07, 6.45) is 3.06. The van der Waals surface area contributed by atoms with E-state index in [1.54, 1.807) is 23.2 Å². The van der Waals surface area contributed by atoms with Gasteiger partial charge in [0, 0.05) is 38.3 Å². The summed E-state index contributed by atoms with van der Waals surface area (Å²) < 4.78 is 5.16. The summed E-state index contributed by atoms with van der Waals surface area (Å²) in [5.41, 5.74) is 4.90. The van der Waals surface area contributed by atoms with Crippen LogP contribution in [0.3, 0.4) is 0 Å². The Kier molecular flexibility index (Phi) is 5.84. The number of aromatic nitrogens is 1. The number of carbonyl (C=O) groups is 3. The van der Waals surface area contributed by atoms with E-state index in [1.165, 1.54) is 6.20 Å². The van der Waals surface area contributed by atoms with Crippen LogP contribution in [-0.4, -0.2) is 53.9 Å². The van der Waals surface area contributed by atoms with E-state index in [1.807, 2.05) is 0 Å². The first-order valence-corrected chi connectivity index (χ1v) is 7.01. The summed E-state index contributed by atoms with van der Waals surface area (Å²) in [6, 6.07) is 3.20. The minimum absolute atomic E-state index is 0.0174. The van der Waals surface area contributed by atoms with E-state index in [0.717, 1.165) is 0 Å². The lowest BCUT2D eigenvalue weighted by molar-refractivity contribution is -0.137. The van der Waals surface area contributed by atoms with Gasteiger partial charge >= 0.3 is 0 Å². The number of hydrogen-bond donors (Lipinski definition) is 2. The van der Waals surface area contributed by atoms with E-state index in [0.29, 0.717) is 31.9 Å². The van der Waals surface area contributed by atoms with Crippen molar-refractivity contribution in [3.63, 3.8) is 0 Å². The lowest BCUT2D eigenvalue weighted by Gasteiger charge is -2.26. The zero-order valence-electron chi connectivity index (χ0n) is 12.1. The Labute approximate surface area is 127 Å². The standard InChI is InChI=1S/C14H18N4O4/c19-12(3-4-13(20)18-6-8-22-9-7-18)16-17-14(21)11-2-1-5-15-10-11/h1-2,5,10H,3-4,6-9H2,(H,16,19)(H,17,21). The number of hydrogen-bond acceptors (Lipinski definition) is 5. The maximum atomic E-state index is 11.9. The number of morpholine rings is 1. The molecule has 1 fully saturated rings. The zero-order valence-corrected chi connectivity index (χ0v) is 12.1. The number of nitrogens with one attached hydrogen (secondary N) is 2. The molecule has 0 radical (unpaired) electrons. The van der Waals surface area contributed by atoms with Crippen LogP contribution < -0.4 is 10.9 Å². The molecule has 118 valence electrons. The molecule has 2 heterocycles. The van der Waals surface area contributed by atoms with Gasteiger partial charge in [0.2, 0.25) is 11.8 Å². The SMILES string of the molecule is O=C(CCC(=O)N1CCOCC1)NNC(=O)c1cccnc1. The van der Waals surface area contributed by atoms with Gasteiger partial charge in [-0.2, -0.15) is 0 Å². The van der Waals surface area contributed by atoms with Crippen molar-refractivity contribution in [3.05, 3.63) is 30.1 Å². The van der Waals surface area contributed by atoms with Crippen molar-refractivity contribution < 1.29 is 19.1 Å². The topological polar surface area (TPSA) is 101 Å². The number of rotatable bonds is 4. The second-order valence-electron chi connectivity index (χ2n) is 4.74. The van der Waals surface area contributed by atoms with Crippen LogP contribution in [0.5, 0.6) is 0 Å². The quantitative estimate of drug-likeness (QED) is 0.729. The molecule has 22 heavy (non-hydrogen) atoms. The number of ether oxygens (including phenoxy) is 1. The predicted molar refractivity (Wildman–Crippen MR) is 76.5 cm³/mol. The Bertz CT molecular complexity index is 529. The molecule has 1 aromatic heterocycles. The molecule has 0 bridgehead atoms. The van der Waals surface area contributed by atoms with Gasteiger partial charge in [0.25, 0.3) is 5.91 Å². The van der Waals surface area contributed by atoms with Gasteiger partial charge < -0.3 is 9.64 Å². The fourth-order valence-corrected chi connectivity index (χ4v) is 1.95. The average molecular weight is 306 g/mol. The van der Waals surface area contributed by atoms with Crippen LogP contribution in [-0.2, 0) is 14.3 Å². The van der Waals surface area contributed by atoms with Crippen LogP contribution >= 0.6 is 0 Å². The Hall–Kier alpha value is -2.48. The van der Waals surface area contributed by atoms with Gasteiger partial charge in [0.15, 0.2) is 0 Å². The highest BCUT2D eigenvalue weighted by Crippen LogP contribution is 2.02. The lowest BCUT2D eigenvalue weighted by atomic mass is 10.2. The maximum absolute atomic E-state index is 11.9. The number of amides is 3. The first-order valence-electron chi connectivity index (χ1n) is 7.01. The molecule has 2 rings (SSSR count). The molecule has 1 aromatic rings. The number of hydrazine groups is 1. The van der Waals surface area contributed by atoms with E-state index >= 15 is 0 Å². The van der Waals surface area contributed by atoms with E-state index in [4.69, 9.17) is 4.74 Å². The summed E-state index contributed by atoms with van der Waals surface area (Å²) in [5.74, 6) is -0.961. The predicted octanol–water partition coefficient (Wildman–Crippen LogP) is -0.518. The first-order chi connectivity index (χ1) is 10.7. The minimum atomic E-state index is -0.457. The number of pyridine rings is 1. The van der Waals surface area contributed by atoms with Crippen LogP contribution in [0.1, 0.15) is 23.2 Å². The second-order valence-corrected chi connectivity index (χ2v) is 4.74. The van der Waals surface area contributed by atoms with Crippen molar-refractivity contribution in [1.29, 1.82) is 0 Å². The third kappa shape index (κ3) is 4.81. The number of nitrogens with zero attached hydrogens (tertiary/aromatic N) is 2. The molecule has 1 saturated heterocycles. The summed E-state index contributed by atoms with van der Waals surface area (Å²) in [4.78, 5) is 40.6. The molecular formula is C14H18N4O4. The first kappa shape index (κ1) is 15.9. The van der Waals surface area contributed by atoms with Crippen molar-refractivity contribution in [2.45, 2.75) is 12.8 Å². The minimum Gasteiger partial charge on any atom is -0.378 e. The molecule has 1 aliphatic heterocycles. The third-order valence-electron chi connectivity index (χ3n) is 3.17. The highest BCUT2D eigenvalue weighted by Gasteiger charge is 2.17. The zero-order chi connectivity index (χ0) is 15.8. The molecule has 8 nitrogen and oxygen atoms in total. The Morgan fingerprint density at radius 3 is 2.64 bits per heavy atom. The summed E-state index contributed by atoms with van der Waals surface area (Å²) in [5, 5.41) is 0. The largest absolute Gasteiger partial charge is 0.378 e. The van der Waals surface area contributed by atoms with Crippen molar-refractivity contribution >= 4 is 17.7 Å². The van der Waals surface area contributed by atoms with Gasteiger partial charge in [-0.25, -0.2) is 0 Å². The molecular weight excluding hydrogens is 288 g/mol. The molecule has 0 atom stereocenters. The van der Waals surface area contributed by atoms with E-state index in [9.17, 15) is 14.4 Å². The van der Waals surface area contributed by atoms with Crippen LogP contribution in [0.2, 0.25) is 0 Å². The molecule has 0 aliphatic carbocycles. The molecule has 0 unspecified atom stereocenters. The summed E-state index contributed by atoms with van der Waals surface area (Å²) in [7, 11) is 0. The van der Waals surface area contributed by atoms with E-state index < -0.39 is 11.8 Å². The summed E-state index contributed by atoms with van der Waals surface area (Å²) >= 11 is 0. The molecule has 8 heteroatoms. The van der Waals surface area contributed by atoms with Crippen LogP contribution in [0.25, 0.3) is 0 Å². The van der Waals surface area contributed by atoms with Gasteiger partial charge in [0.1, 0.15) is 0 Å². The van der Waals surface area contributed by atoms with Gasteiger partial charge in [-0.1, -0.05) is 0 Å². The van der Waals surface area contributed by atoms with E-state index in [2.05, 4.69) is 15.8 Å². The van der Waals surface area contributed by atoms with Crippen molar-refractivity contribution in [2.24, 2.45) is 0 Å².